The van der Waals surface area contributed by atoms with Crippen molar-refractivity contribution in [3.8, 4) is 0 Å². The second kappa shape index (κ2) is 6.13. The van der Waals surface area contributed by atoms with Gasteiger partial charge in [-0.15, -0.1) is 0 Å². The lowest BCUT2D eigenvalue weighted by atomic mass is 9.92. The lowest BCUT2D eigenvalue weighted by Gasteiger charge is -2.13. The second-order valence-corrected chi connectivity index (χ2v) is 5.30. The summed E-state index contributed by atoms with van der Waals surface area (Å²) in [5.74, 6) is -3.17. The average molecular weight is 341 g/mol. The summed E-state index contributed by atoms with van der Waals surface area (Å²) in [5, 5.41) is 9.29. The van der Waals surface area contributed by atoms with E-state index in [0.717, 1.165) is 22.7 Å². The molecule has 2 nitrogen and oxygen atoms in total. The molecule has 0 radical (unpaired) electrons. The molecule has 0 heterocycles. The molecule has 2 aromatic carbocycles. The van der Waals surface area contributed by atoms with Crippen molar-refractivity contribution in [2.75, 3.05) is 0 Å². The number of hydrogen-bond acceptors (Lipinski definition) is 1. The molecule has 0 spiro atoms. The molecule has 1 atom stereocenters. The summed E-state index contributed by atoms with van der Waals surface area (Å²) >= 11 is 3.26. The fraction of sp³-hybridized carbons (Fsp3) is 0.133. The van der Waals surface area contributed by atoms with Gasteiger partial charge in [-0.1, -0.05) is 28.1 Å². The van der Waals surface area contributed by atoms with Crippen molar-refractivity contribution in [3.05, 3.63) is 69.7 Å². The minimum absolute atomic E-state index is 0.0559. The van der Waals surface area contributed by atoms with Crippen molar-refractivity contribution in [2.45, 2.75) is 12.3 Å². The number of halogens is 3. The highest BCUT2D eigenvalue weighted by Crippen LogP contribution is 2.24. The molecule has 0 saturated carbocycles. The van der Waals surface area contributed by atoms with E-state index in [1.165, 1.54) is 0 Å². The second-order valence-electron chi connectivity index (χ2n) is 4.38. The first kappa shape index (κ1) is 14.7. The Hall–Kier alpha value is -1.75. The Kier molecular flexibility index (Phi) is 4.49. The molecule has 104 valence electrons. The molecule has 1 N–H and O–H groups in total. The van der Waals surface area contributed by atoms with Gasteiger partial charge in [0.25, 0.3) is 0 Å². The van der Waals surface area contributed by atoms with Crippen molar-refractivity contribution in [1.82, 2.24) is 0 Å². The number of carboxylic acid groups (broad SMARTS) is 1. The summed E-state index contributed by atoms with van der Waals surface area (Å²) in [4.78, 5) is 11.4. The molecule has 2 aromatic rings. The van der Waals surface area contributed by atoms with Crippen molar-refractivity contribution < 1.29 is 18.7 Å². The van der Waals surface area contributed by atoms with E-state index in [-0.39, 0.29) is 12.0 Å². The molecule has 0 fully saturated rings. The van der Waals surface area contributed by atoms with Gasteiger partial charge in [-0.25, -0.2) is 8.78 Å². The third-order valence-corrected chi connectivity index (χ3v) is 3.53. The van der Waals surface area contributed by atoms with Crippen LogP contribution in [-0.4, -0.2) is 11.1 Å². The van der Waals surface area contributed by atoms with E-state index in [2.05, 4.69) is 15.9 Å². The van der Waals surface area contributed by atoms with Gasteiger partial charge in [0.1, 0.15) is 11.6 Å². The lowest BCUT2D eigenvalue weighted by molar-refractivity contribution is -0.138. The highest BCUT2D eigenvalue weighted by atomic mass is 79.9. The van der Waals surface area contributed by atoms with E-state index < -0.39 is 23.5 Å². The topological polar surface area (TPSA) is 37.3 Å². The summed E-state index contributed by atoms with van der Waals surface area (Å²) in [6, 6.07) is 9.78. The monoisotopic (exact) mass is 340 g/mol. The normalized spacial score (nSPS) is 12.2. The Bertz CT molecular complexity index is 626. The third kappa shape index (κ3) is 3.42. The smallest absolute Gasteiger partial charge is 0.311 e. The molecule has 0 bridgehead atoms. The van der Waals surface area contributed by atoms with E-state index in [1.807, 2.05) is 0 Å². The minimum Gasteiger partial charge on any atom is -0.481 e. The molecule has 0 aliphatic heterocycles. The maximum atomic E-state index is 13.6. The first-order valence-corrected chi connectivity index (χ1v) is 6.69. The summed E-state index contributed by atoms with van der Waals surface area (Å²) in [7, 11) is 0. The van der Waals surface area contributed by atoms with Gasteiger partial charge in [0.2, 0.25) is 0 Å². The van der Waals surface area contributed by atoms with Gasteiger partial charge in [0, 0.05) is 4.47 Å². The molecule has 0 aliphatic carbocycles. The summed E-state index contributed by atoms with van der Waals surface area (Å²) in [6.07, 6.45) is -0.0967. The van der Waals surface area contributed by atoms with E-state index >= 15 is 0 Å². The van der Waals surface area contributed by atoms with E-state index in [9.17, 15) is 18.7 Å². The van der Waals surface area contributed by atoms with Crippen LogP contribution >= 0.6 is 15.9 Å². The first-order valence-electron chi connectivity index (χ1n) is 5.89. The van der Waals surface area contributed by atoms with Gasteiger partial charge in [-0.05, 0) is 47.9 Å². The van der Waals surface area contributed by atoms with Crippen LogP contribution in [-0.2, 0) is 11.2 Å². The van der Waals surface area contributed by atoms with Crippen molar-refractivity contribution in [1.29, 1.82) is 0 Å². The van der Waals surface area contributed by atoms with Gasteiger partial charge < -0.3 is 5.11 Å². The molecular formula is C15H11BrF2O2. The number of hydrogen-bond donors (Lipinski definition) is 1. The van der Waals surface area contributed by atoms with Gasteiger partial charge in [0.15, 0.2) is 0 Å². The Morgan fingerprint density at radius 3 is 2.40 bits per heavy atom. The third-order valence-electron chi connectivity index (χ3n) is 3.00. The zero-order chi connectivity index (χ0) is 14.7. The van der Waals surface area contributed by atoms with Gasteiger partial charge in [-0.2, -0.15) is 0 Å². The molecule has 0 amide bonds. The average Bonchev–Trinajstić information content (AvgIpc) is 2.40. The molecule has 5 heteroatoms. The van der Waals surface area contributed by atoms with Gasteiger partial charge in [-0.3, -0.25) is 4.79 Å². The highest BCUT2D eigenvalue weighted by Gasteiger charge is 2.22. The van der Waals surface area contributed by atoms with Crippen molar-refractivity contribution >= 4 is 21.9 Å². The quantitative estimate of drug-likeness (QED) is 0.908. The molecule has 0 saturated heterocycles. The number of carboxylic acids is 1. The maximum absolute atomic E-state index is 13.6. The molecule has 20 heavy (non-hydrogen) atoms. The van der Waals surface area contributed by atoms with Crippen LogP contribution in [0.3, 0.4) is 0 Å². The Morgan fingerprint density at radius 1 is 1.15 bits per heavy atom. The van der Waals surface area contributed by atoms with Crippen molar-refractivity contribution in [2.24, 2.45) is 0 Å². The fourth-order valence-electron chi connectivity index (χ4n) is 1.96. The van der Waals surface area contributed by atoms with E-state index in [1.54, 1.807) is 24.3 Å². The number of rotatable bonds is 4. The maximum Gasteiger partial charge on any atom is 0.311 e. The molecule has 0 aliphatic rings. The Morgan fingerprint density at radius 2 is 1.80 bits per heavy atom. The van der Waals surface area contributed by atoms with Crippen LogP contribution in [0, 0.1) is 11.6 Å². The summed E-state index contributed by atoms with van der Waals surface area (Å²) in [6.45, 7) is 0. The zero-order valence-electron chi connectivity index (χ0n) is 10.3. The first-order chi connectivity index (χ1) is 9.47. The number of benzene rings is 2. The Balaban J connectivity index is 2.32. The van der Waals surface area contributed by atoms with Crippen LogP contribution in [0.15, 0.2) is 46.9 Å². The van der Waals surface area contributed by atoms with Gasteiger partial charge >= 0.3 is 5.97 Å². The van der Waals surface area contributed by atoms with Crippen LogP contribution in [0.25, 0.3) is 0 Å². The molecule has 1 unspecified atom stereocenters. The van der Waals surface area contributed by atoms with Gasteiger partial charge in [0.05, 0.1) is 5.92 Å². The minimum atomic E-state index is -1.07. The molecule has 2 rings (SSSR count). The largest absolute Gasteiger partial charge is 0.481 e. The number of carbonyl (C=O) groups is 1. The van der Waals surface area contributed by atoms with Crippen LogP contribution in [0.4, 0.5) is 8.78 Å². The standard InChI is InChI=1S/C15H11BrF2O2/c16-11-3-1-9(2-4-11)13(15(19)20)8-10-7-12(17)5-6-14(10)18/h1-7,13H,8H2,(H,19,20). The fourth-order valence-corrected chi connectivity index (χ4v) is 2.23. The van der Waals surface area contributed by atoms with E-state index in [0.29, 0.717) is 5.56 Å². The van der Waals surface area contributed by atoms with Crippen LogP contribution in [0.5, 0.6) is 0 Å². The lowest BCUT2D eigenvalue weighted by Crippen LogP contribution is -2.15. The zero-order valence-corrected chi connectivity index (χ0v) is 11.9. The SMILES string of the molecule is O=C(O)C(Cc1cc(F)ccc1F)c1ccc(Br)cc1. The summed E-state index contributed by atoms with van der Waals surface area (Å²) < 4.78 is 27.6. The summed E-state index contributed by atoms with van der Waals surface area (Å²) in [5.41, 5.74) is 0.602. The van der Waals surface area contributed by atoms with E-state index in [4.69, 9.17) is 0 Å². The molecule has 0 aromatic heterocycles. The van der Waals surface area contributed by atoms with Crippen molar-refractivity contribution in [3.63, 3.8) is 0 Å². The van der Waals surface area contributed by atoms with Crippen LogP contribution in [0.1, 0.15) is 17.0 Å². The Labute approximate surface area is 123 Å². The predicted molar refractivity (Wildman–Crippen MR) is 74.6 cm³/mol. The predicted octanol–water partition coefficient (Wildman–Crippen LogP) is 4.14. The highest BCUT2D eigenvalue weighted by molar-refractivity contribution is 9.10. The number of aliphatic carboxylic acids is 1. The van der Waals surface area contributed by atoms with Crippen LogP contribution < -0.4 is 0 Å². The van der Waals surface area contributed by atoms with Crippen LogP contribution in [0.2, 0.25) is 0 Å². The molecular weight excluding hydrogens is 330 g/mol.